The second-order valence-corrected chi connectivity index (χ2v) is 8.53. The molecule has 0 saturated heterocycles. The van der Waals surface area contributed by atoms with Crippen molar-refractivity contribution in [3.63, 3.8) is 0 Å². The zero-order chi connectivity index (χ0) is 21.8. The van der Waals surface area contributed by atoms with E-state index in [1.54, 1.807) is 26.4 Å². The monoisotopic (exact) mass is 431 g/mol. The normalized spacial score (nSPS) is 19.2. The third kappa shape index (κ3) is 4.42. The molecule has 1 amide bonds. The van der Waals surface area contributed by atoms with Crippen LogP contribution in [0.4, 0.5) is 0 Å². The van der Waals surface area contributed by atoms with Crippen LogP contribution in [0.3, 0.4) is 0 Å². The van der Waals surface area contributed by atoms with Crippen molar-refractivity contribution < 1.29 is 19.2 Å². The van der Waals surface area contributed by atoms with Gasteiger partial charge >= 0.3 is 0 Å². The fourth-order valence-corrected chi connectivity index (χ4v) is 4.69. The van der Waals surface area contributed by atoms with Gasteiger partial charge in [-0.3, -0.25) is 4.79 Å². The zero-order valence-corrected chi connectivity index (χ0v) is 19.2. The molecule has 1 unspecified atom stereocenters. The van der Waals surface area contributed by atoms with Crippen molar-refractivity contribution in [1.29, 1.82) is 0 Å². The number of fused-ring (bicyclic) bond motifs is 1. The molecule has 0 bridgehead atoms. The molecule has 5 nitrogen and oxygen atoms in total. The summed E-state index contributed by atoms with van der Waals surface area (Å²) in [5.41, 5.74) is 2.98. The SMILES string of the molecule is CC[NH+]1CCc2cc(OC)c(OC)cc2[C@@H]1[C@H](NC(=O)c1ccccc1Cl)C(C)C. The summed E-state index contributed by atoms with van der Waals surface area (Å²) >= 11 is 6.28. The molecule has 0 spiro atoms. The van der Waals surface area contributed by atoms with Gasteiger partial charge in [0.2, 0.25) is 0 Å². The molecule has 0 fully saturated rings. The highest BCUT2D eigenvalue weighted by Gasteiger charge is 2.40. The quantitative estimate of drug-likeness (QED) is 0.707. The van der Waals surface area contributed by atoms with Crippen molar-refractivity contribution in [2.24, 2.45) is 5.92 Å². The standard InChI is InChI=1S/C24H31ClN2O3/c1-6-27-12-11-16-13-20(29-4)21(30-5)14-18(16)23(27)22(15(2)3)26-24(28)17-9-7-8-10-19(17)25/h7-10,13-15,22-23H,6,11-12H2,1-5H3,(H,26,28)/p+1/t22-,23-/m1/s1. The maximum Gasteiger partial charge on any atom is 0.253 e. The van der Waals surface area contributed by atoms with Crippen molar-refractivity contribution in [3.8, 4) is 11.5 Å². The van der Waals surface area contributed by atoms with Gasteiger partial charge in [-0.1, -0.05) is 37.6 Å². The molecule has 0 radical (unpaired) electrons. The Balaban J connectivity index is 2.02. The summed E-state index contributed by atoms with van der Waals surface area (Å²) in [4.78, 5) is 14.6. The summed E-state index contributed by atoms with van der Waals surface area (Å²) in [6, 6.07) is 11.4. The van der Waals surface area contributed by atoms with Crippen LogP contribution in [-0.2, 0) is 6.42 Å². The van der Waals surface area contributed by atoms with Crippen LogP contribution in [0.1, 0.15) is 48.3 Å². The molecular formula is C24H32ClN2O3+. The molecule has 2 aromatic rings. The van der Waals surface area contributed by atoms with Crippen LogP contribution < -0.4 is 19.7 Å². The van der Waals surface area contributed by atoms with Crippen molar-refractivity contribution >= 4 is 17.5 Å². The maximum atomic E-state index is 13.1. The summed E-state index contributed by atoms with van der Waals surface area (Å²) in [7, 11) is 3.32. The van der Waals surface area contributed by atoms with Gasteiger partial charge in [-0.05, 0) is 42.7 Å². The maximum absolute atomic E-state index is 13.1. The first-order valence-corrected chi connectivity index (χ1v) is 10.9. The number of amides is 1. The molecular weight excluding hydrogens is 400 g/mol. The predicted molar refractivity (Wildman–Crippen MR) is 120 cm³/mol. The number of likely N-dealkylation sites (N-methyl/N-ethyl adjacent to an activating group) is 1. The molecule has 0 aromatic heterocycles. The van der Waals surface area contributed by atoms with Crippen LogP contribution in [-0.4, -0.2) is 39.3 Å². The first-order valence-electron chi connectivity index (χ1n) is 10.6. The van der Waals surface area contributed by atoms with E-state index >= 15 is 0 Å². The lowest BCUT2D eigenvalue weighted by Crippen LogP contribution is -3.14. The number of quaternary nitrogens is 1. The van der Waals surface area contributed by atoms with E-state index in [0.717, 1.165) is 31.0 Å². The van der Waals surface area contributed by atoms with Gasteiger partial charge < -0.3 is 19.7 Å². The van der Waals surface area contributed by atoms with E-state index in [1.165, 1.54) is 16.0 Å². The Morgan fingerprint density at radius 1 is 1.20 bits per heavy atom. The smallest absolute Gasteiger partial charge is 0.253 e. The first-order chi connectivity index (χ1) is 14.4. The molecule has 1 aliphatic heterocycles. The third-order valence-electron chi connectivity index (χ3n) is 6.08. The van der Waals surface area contributed by atoms with E-state index in [0.29, 0.717) is 10.6 Å². The lowest BCUT2D eigenvalue weighted by atomic mass is 9.83. The average Bonchev–Trinajstić information content (AvgIpc) is 2.75. The molecule has 6 heteroatoms. The highest BCUT2D eigenvalue weighted by molar-refractivity contribution is 6.33. The van der Waals surface area contributed by atoms with E-state index in [4.69, 9.17) is 21.1 Å². The first kappa shape index (κ1) is 22.4. The second kappa shape index (κ2) is 9.71. The fourth-order valence-electron chi connectivity index (χ4n) is 4.47. The third-order valence-corrected chi connectivity index (χ3v) is 6.41. The summed E-state index contributed by atoms with van der Waals surface area (Å²) < 4.78 is 11.1. The second-order valence-electron chi connectivity index (χ2n) is 8.12. The minimum Gasteiger partial charge on any atom is -0.493 e. The molecule has 1 aliphatic rings. The highest BCUT2D eigenvalue weighted by atomic mass is 35.5. The Labute approximate surface area is 184 Å². The minimum absolute atomic E-state index is 0.0547. The number of carbonyl (C=O) groups excluding carboxylic acids is 1. The molecule has 2 aromatic carbocycles. The summed E-state index contributed by atoms with van der Waals surface area (Å²) in [6.45, 7) is 8.49. The Morgan fingerprint density at radius 2 is 1.87 bits per heavy atom. The summed E-state index contributed by atoms with van der Waals surface area (Å²) in [5.74, 6) is 1.57. The summed E-state index contributed by atoms with van der Waals surface area (Å²) in [5, 5.41) is 3.76. The minimum atomic E-state index is -0.137. The van der Waals surface area contributed by atoms with Crippen LogP contribution in [0, 0.1) is 5.92 Å². The van der Waals surface area contributed by atoms with Crippen molar-refractivity contribution in [1.82, 2.24) is 5.32 Å². The molecule has 3 atom stereocenters. The Kier molecular flexibility index (Phi) is 7.27. The van der Waals surface area contributed by atoms with Gasteiger partial charge in [0.05, 0.1) is 43.9 Å². The topological polar surface area (TPSA) is 52.0 Å². The van der Waals surface area contributed by atoms with Gasteiger partial charge in [0.15, 0.2) is 11.5 Å². The molecule has 1 heterocycles. The number of carbonyl (C=O) groups is 1. The molecule has 2 N–H and O–H groups in total. The number of methoxy groups -OCH3 is 2. The number of halogens is 1. The lowest BCUT2D eigenvalue weighted by molar-refractivity contribution is -0.934. The molecule has 162 valence electrons. The summed E-state index contributed by atoms with van der Waals surface area (Å²) in [6.07, 6.45) is 0.971. The molecule has 0 aliphatic carbocycles. The van der Waals surface area contributed by atoms with Gasteiger partial charge in [0.1, 0.15) is 6.04 Å². The fraction of sp³-hybridized carbons (Fsp3) is 0.458. The van der Waals surface area contributed by atoms with Crippen LogP contribution >= 0.6 is 11.6 Å². The van der Waals surface area contributed by atoms with Gasteiger partial charge in [-0.15, -0.1) is 0 Å². The molecule has 3 rings (SSSR count). The van der Waals surface area contributed by atoms with Gasteiger partial charge in [-0.25, -0.2) is 0 Å². The van der Waals surface area contributed by atoms with Crippen LogP contribution in [0.15, 0.2) is 36.4 Å². The Bertz CT molecular complexity index is 900. The van der Waals surface area contributed by atoms with Crippen LogP contribution in [0.25, 0.3) is 0 Å². The van der Waals surface area contributed by atoms with Crippen LogP contribution in [0.5, 0.6) is 11.5 Å². The number of benzene rings is 2. The van der Waals surface area contributed by atoms with Crippen molar-refractivity contribution in [2.75, 3.05) is 27.3 Å². The molecule has 0 saturated carbocycles. The van der Waals surface area contributed by atoms with E-state index < -0.39 is 0 Å². The number of hydrogen-bond acceptors (Lipinski definition) is 3. The van der Waals surface area contributed by atoms with E-state index in [2.05, 4.69) is 38.2 Å². The highest BCUT2D eigenvalue weighted by Crippen LogP contribution is 2.36. The van der Waals surface area contributed by atoms with Gasteiger partial charge in [-0.2, -0.15) is 0 Å². The van der Waals surface area contributed by atoms with Gasteiger partial charge in [0.25, 0.3) is 5.91 Å². The number of nitrogens with one attached hydrogen (secondary N) is 2. The lowest BCUT2D eigenvalue weighted by Gasteiger charge is -2.40. The average molecular weight is 432 g/mol. The molecule has 30 heavy (non-hydrogen) atoms. The number of rotatable bonds is 7. The Hall–Kier alpha value is -2.24. The number of ether oxygens (including phenoxy) is 2. The van der Waals surface area contributed by atoms with Crippen LogP contribution in [0.2, 0.25) is 5.02 Å². The zero-order valence-electron chi connectivity index (χ0n) is 18.4. The van der Waals surface area contributed by atoms with E-state index in [-0.39, 0.29) is 23.9 Å². The van der Waals surface area contributed by atoms with Crippen molar-refractivity contribution in [3.05, 3.63) is 58.1 Å². The number of hydrogen-bond donors (Lipinski definition) is 2. The van der Waals surface area contributed by atoms with Crippen molar-refractivity contribution in [2.45, 2.75) is 39.3 Å². The van der Waals surface area contributed by atoms with Gasteiger partial charge in [0, 0.05) is 12.0 Å². The van der Waals surface area contributed by atoms with E-state index in [9.17, 15) is 4.79 Å². The van der Waals surface area contributed by atoms with E-state index in [1.807, 2.05) is 12.1 Å². The Morgan fingerprint density at radius 3 is 2.47 bits per heavy atom. The largest absolute Gasteiger partial charge is 0.493 e. The predicted octanol–water partition coefficient (Wildman–Crippen LogP) is 3.31.